The topological polar surface area (TPSA) is 137 Å². The van der Waals surface area contributed by atoms with Gasteiger partial charge in [-0.3, -0.25) is 25.0 Å². The van der Waals surface area contributed by atoms with E-state index in [-0.39, 0.29) is 29.4 Å². The molecule has 12 heteroatoms. The van der Waals surface area contributed by atoms with Gasteiger partial charge in [0.2, 0.25) is 6.33 Å². The Hall–Kier alpha value is -7.21. The summed E-state index contributed by atoms with van der Waals surface area (Å²) in [4.78, 5) is 33.8. The van der Waals surface area contributed by atoms with Crippen molar-refractivity contribution >= 4 is 45.3 Å². The Kier molecular flexibility index (Phi) is 11.9. The van der Waals surface area contributed by atoms with Gasteiger partial charge in [-0.25, -0.2) is 4.57 Å². The lowest BCUT2D eigenvalue weighted by Gasteiger charge is -2.44. The quantitative estimate of drug-likeness (QED) is 0.0765. The lowest BCUT2D eigenvalue weighted by atomic mass is 9.13. The maximum absolute atomic E-state index is 12.9. The van der Waals surface area contributed by atoms with Gasteiger partial charge in [0.25, 0.3) is 17.3 Å². The number of hydrogen-bond donors (Lipinski definition) is 1. The molecule has 0 saturated heterocycles. The van der Waals surface area contributed by atoms with Gasteiger partial charge in [0.1, 0.15) is 12.2 Å². The third kappa shape index (κ3) is 8.31. The van der Waals surface area contributed by atoms with E-state index in [2.05, 4.69) is 132 Å². The SMILES string of the molecule is Cn1c[n+](C2CCCCC2NC(=O)c2ccc([N+](=O)[O-])cc2)c(-c2ccc([N+](=O)[O-])cc2)n1.c1ccc([B-](c2ccccc2)(c2ccccc2)c2ccccc2)cc1. The van der Waals surface area contributed by atoms with Crippen molar-refractivity contribution in [3.05, 3.63) is 202 Å². The zero-order valence-corrected chi connectivity index (χ0v) is 32.1. The van der Waals surface area contributed by atoms with Gasteiger partial charge in [0, 0.05) is 34.9 Å². The number of nitro benzene ring substituents is 2. The number of rotatable bonds is 10. The largest absolute Gasteiger partial charge is 0.346 e. The van der Waals surface area contributed by atoms with E-state index in [1.54, 1.807) is 23.9 Å². The van der Waals surface area contributed by atoms with Crippen LogP contribution in [0.25, 0.3) is 11.4 Å². The molecule has 0 radical (unpaired) electrons. The van der Waals surface area contributed by atoms with E-state index >= 15 is 0 Å². The van der Waals surface area contributed by atoms with Crippen LogP contribution in [0, 0.1) is 20.2 Å². The van der Waals surface area contributed by atoms with Crippen molar-refractivity contribution in [1.82, 2.24) is 15.1 Å². The molecule has 0 bridgehead atoms. The molecular weight excluding hydrogens is 727 g/mol. The maximum Gasteiger partial charge on any atom is 0.309 e. The van der Waals surface area contributed by atoms with Crippen LogP contribution >= 0.6 is 0 Å². The highest BCUT2D eigenvalue weighted by Crippen LogP contribution is 2.28. The Balaban J connectivity index is 0.000000183. The minimum Gasteiger partial charge on any atom is -0.346 e. The number of nitro groups is 2. The Labute approximate surface area is 336 Å². The van der Waals surface area contributed by atoms with Crippen molar-refractivity contribution in [2.75, 3.05) is 0 Å². The summed E-state index contributed by atoms with van der Waals surface area (Å²) in [6.45, 7) is 0. The van der Waals surface area contributed by atoms with Crippen molar-refractivity contribution in [2.45, 2.75) is 37.8 Å². The van der Waals surface area contributed by atoms with Gasteiger partial charge in [-0.15, -0.1) is 4.68 Å². The van der Waals surface area contributed by atoms with Crippen LogP contribution in [0.4, 0.5) is 11.4 Å². The molecule has 0 spiro atoms. The molecule has 1 aliphatic carbocycles. The van der Waals surface area contributed by atoms with Crippen LogP contribution in [-0.4, -0.2) is 37.7 Å². The lowest BCUT2D eigenvalue weighted by Crippen LogP contribution is -2.74. The highest BCUT2D eigenvalue weighted by atomic mass is 16.6. The van der Waals surface area contributed by atoms with Gasteiger partial charge in [-0.05, 0) is 43.5 Å². The molecule has 290 valence electrons. The first-order valence-electron chi connectivity index (χ1n) is 19.4. The van der Waals surface area contributed by atoms with Crippen molar-refractivity contribution in [3.63, 3.8) is 0 Å². The van der Waals surface area contributed by atoms with Crippen LogP contribution in [0.1, 0.15) is 42.1 Å². The fourth-order valence-electron chi connectivity index (χ4n) is 8.36. The molecule has 8 rings (SSSR count). The van der Waals surface area contributed by atoms with Gasteiger partial charge in [0.15, 0.2) is 0 Å². The number of carbonyl (C=O) groups is 1. The van der Waals surface area contributed by atoms with E-state index in [0.717, 1.165) is 31.2 Å². The number of carbonyl (C=O) groups excluding carboxylic acids is 1. The van der Waals surface area contributed by atoms with Crippen molar-refractivity contribution in [3.8, 4) is 11.4 Å². The second kappa shape index (κ2) is 17.7. The summed E-state index contributed by atoms with van der Waals surface area (Å²) >= 11 is 0. The molecule has 2 atom stereocenters. The molecule has 1 amide bonds. The minimum atomic E-state index is -1.22. The van der Waals surface area contributed by atoms with Gasteiger partial charge < -0.3 is 5.32 Å². The standard InChI is InChI=1S/C24H20B.C22H22N6O5/c1-5-13-21(14-6-1)25(22-15-7-2-8-16-22,23-17-9-3-10-18-23)24-19-11-4-12-20-24;1-25-14-26(21(24-25)15-6-10-17(11-7-15)27(30)31)20-5-3-2-4-19(20)23-22(29)16-8-12-18(13-9-16)28(32)33/h1-20H;6-14,19-20H,2-5H2,1H3/q-1;/p+1. The fourth-order valence-corrected chi connectivity index (χ4v) is 8.36. The number of benzene rings is 6. The van der Waals surface area contributed by atoms with Crippen LogP contribution < -0.4 is 31.7 Å². The van der Waals surface area contributed by atoms with Crippen LogP contribution in [-0.2, 0) is 7.05 Å². The molecule has 0 aliphatic heterocycles. The van der Waals surface area contributed by atoms with Crippen LogP contribution in [0.2, 0.25) is 0 Å². The number of aryl methyl sites for hydroxylation is 1. The monoisotopic (exact) mass is 770 g/mol. The van der Waals surface area contributed by atoms with Crippen molar-refractivity contribution in [1.29, 1.82) is 0 Å². The molecule has 1 aromatic heterocycles. The summed E-state index contributed by atoms with van der Waals surface area (Å²) in [6.07, 6.45) is 4.22. The van der Waals surface area contributed by atoms with Gasteiger partial charge >= 0.3 is 5.82 Å². The maximum atomic E-state index is 12.9. The Bertz CT molecular complexity index is 2300. The third-order valence-electron chi connectivity index (χ3n) is 11.1. The average Bonchev–Trinajstić information content (AvgIpc) is 3.67. The molecular formula is C46H43BN6O5. The van der Waals surface area contributed by atoms with E-state index < -0.39 is 16.0 Å². The first kappa shape index (κ1) is 39.0. The second-order valence-electron chi connectivity index (χ2n) is 14.6. The van der Waals surface area contributed by atoms with Crippen LogP contribution in [0.15, 0.2) is 176 Å². The van der Waals surface area contributed by atoms with Crippen LogP contribution in [0.5, 0.6) is 0 Å². The van der Waals surface area contributed by atoms with E-state index in [1.165, 1.54) is 58.2 Å². The normalized spacial score (nSPS) is 15.1. The van der Waals surface area contributed by atoms with Crippen molar-refractivity contribution < 1.29 is 19.2 Å². The number of nitrogens with zero attached hydrogens (tertiary/aromatic N) is 5. The summed E-state index contributed by atoms with van der Waals surface area (Å²) in [6, 6.07) is 55.1. The number of hydrogen-bond acceptors (Lipinski definition) is 6. The van der Waals surface area contributed by atoms with E-state index in [9.17, 15) is 25.0 Å². The zero-order chi connectivity index (χ0) is 40.5. The summed E-state index contributed by atoms with van der Waals surface area (Å²) in [5.74, 6) is 0.372. The van der Waals surface area contributed by atoms with E-state index in [1.807, 2.05) is 10.9 Å². The number of non-ortho nitro benzene ring substituents is 2. The fraction of sp³-hybridized carbons (Fsp3) is 0.152. The van der Waals surface area contributed by atoms with Gasteiger partial charge in [-0.1, -0.05) is 128 Å². The number of nitrogens with one attached hydrogen (secondary N) is 1. The van der Waals surface area contributed by atoms with Crippen LogP contribution in [0.3, 0.4) is 0 Å². The summed E-state index contributed by atoms with van der Waals surface area (Å²) in [5, 5.41) is 29.5. The molecule has 7 aromatic rings. The third-order valence-corrected chi connectivity index (χ3v) is 11.1. The summed E-state index contributed by atoms with van der Waals surface area (Å²) in [7, 11) is 1.80. The van der Waals surface area contributed by atoms with Gasteiger partial charge in [-0.2, -0.15) is 21.9 Å². The molecule has 2 unspecified atom stereocenters. The average molecular weight is 771 g/mol. The molecule has 1 heterocycles. The van der Waals surface area contributed by atoms with Crippen molar-refractivity contribution in [2.24, 2.45) is 7.05 Å². The smallest absolute Gasteiger partial charge is 0.309 e. The summed E-state index contributed by atoms with van der Waals surface area (Å²) < 4.78 is 3.70. The highest BCUT2D eigenvalue weighted by molar-refractivity contribution is 7.19. The highest BCUT2D eigenvalue weighted by Gasteiger charge is 2.35. The molecule has 1 aliphatic rings. The number of amides is 1. The minimum absolute atomic E-state index is 0.00661. The predicted molar refractivity (Wildman–Crippen MR) is 227 cm³/mol. The molecule has 1 saturated carbocycles. The number of aromatic nitrogens is 3. The Morgan fingerprint density at radius 1 is 0.638 bits per heavy atom. The second-order valence-corrected chi connectivity index (χ2v) is 14.6. The molecule has 11 nitrogen and oxygen atoms in total. The predicted octanol–water partition coefficient (Wildman–Crippen LogP) is 6.17. The molecule has 6 aromatic carbocycles. The Morgan fingerprint density at radius 3 is 1.48 bits per heavy atom. The lowest BCUT2D eigenvalue weighted by molar-refractivity contribution is -0.718. The van der Waals surface area contributed by atoms with E-state index in [4.69, 9.17) is 0 Å². The molecule has 58 heavy (non-hydrogen) atoms. The summed E-state index contributed by atoms with van der Waals surface area (Å²) in [5.41, 5.74) is 6.39. The molecule has 1 N–H and O–H groups in total. The van der Waals surface area contributed by atoms with Gasteiger partial charge in [0.05, 0.1) is 28.5 Å². The first-order chi connectivity index (χ1) is 28.3. The first-order valence-corrected chi connectivity index (χ1v) is 19.4. The Morgan fingerprint density at radius 2 is 1.05 bits per heavy atom. The van der Waals surface area contributed by atoms with E-state index in [0.29, 0.717) is 11.4 Å². The molecule has 1 fully saturated rings. The zero-order valence-electron chi connectivity index (χ0n) is 32.1.